The van der Waals surface area contributed by atoms with Gasteiger partial charge >= 0.3 is 0 Å². The van der Waals surface area contributed by atoms with Crippen molar-refractivity contribution in [1.82, 2.24) is 0 Å². The fraction of sp³-hybridized carbons (Fsp3) is 0.214. The van der Waals surface area contributed by atoms with Crippen LogP contribution in [0.4, 0.5) is 5.69 Å². The average Bonchev–Trinajstić information content (AvgIpc) is 2.65. The molecule has 1 atom stereocenters. The van der Waals surface area contributed by atoms with Gasteiger partial charge in [0.05, 0.1) is 10.3 Å². The lowest BCUT2D eigenvalue weighted by Gasteiger charge is -2.17. The van der Waals surface area contributed by atoms with Crippen molar-refractivity contribution in [3.63, 3.8) is 0 Å². The normalized spacial score (nSPS) is 20.4. The number of ketones is 1. The summed E-state index contributed by atoms with van der Waals surface area (Å²) in [6, 6.07) is 8.81. The summed E-state index contributed by atoms with van der Waals surface area (Å²) in [6.45, 7) is 1.38. The second-order valence-electron chi connectivity index (χ2n) is 4.29. The minimum absolute atomic E-state index is 0.199. The maximum atomic E-state index is 12.3. The molecule has 0 spiro atoms. The number of rotatable bonds is 4. The van der Waals surface area contributed by atoms with E-state index >= 15 is 0 Å². The molecule has 1 aromatic rings. The number of para-hydroxylation sites is 1. The van der Waals surface area contributed by atoms with Crippen LogP contribution in [0.2, 0.25) is 0 Å². The highest BCUT2D eigenvalue weighted by molar-refractivity contribution is 8.05. The largest absolute Gasteiger partial charge is 0.550 e. The molecule has 2 rings (SSSR count). The van der Waals surface area contributed by atoms with Crippen molar-refractivity contribution in [2.45, 2.75) is 18.6 Å². The SMILES string of the molecule is CC(=O)/C=C1\S[C@@H](CC(=O)[O-])C(=O)N1c1ccccc1. The molecule has 6 heteroatoms. The number of carboxylic acids is 1. The van der Waals surface area contributed by atoms with Crippen LogP contribution in [-0.4, -0.2) is 22.9 Å². The third-order valence-electron chi connectivity index (χ3n) is 2.67. The highest BCUT2D eigenvalue weighted by Crippen LogP contribution is 2.39. The summed E-state index contributed by atoms with van der Waals surface area (Å²) in [5.74, 6) is -1.83. The molecule has 1 amide bonds. The Kier molecular flexibility index (Phi) is 4.24. The van der Waals surface area contributed by atoms with Crippen LogP contribution in [0.25, 0.3) is 0 Å². The first-order valence-electron chi connectivity index (χ1n) is 5.97. The molecular formula is C14H12NO4S-. The first kappa shape index (κ1) is 14.3. The lowest BCUT2D eigenvalue weighted by molar-refractivity contribution is -0.305. The number of carbonyl (C=O) groups is 3. The number of carbonyl (C=O) groups excluding carboxylic acids is 3. The van der Waals surface area contributed by atoms with Gasteiger partial charge in [0.1, 0.15) is 0 Å². The maximum absolute atomic E-state index is 12.3. The van der Waals surface area contributed by atoms with Gasteiger partial charge in [-0.25, -0.2) is 0 Å². The van der Waals surface area contributed by atoms with Gasteiger partial charge in [-0.1, -0.05) is 30.0 Å². The number of allylic oxidation sites excluding steroid dienone is 1. The summed E-state index contributed by atoms with van der Waals surface area (Å²) >= 11 is 1.07. The van der Waals surface area contributed by atoms with Crippen LogP contribution in [0.15, 0.2) is 41.4 Å². The molecule has 1 aliphatic heterocycles. The van der Waals surface area contributed by atoms with Crippen LogP contribution < -0.4 is 10.0 Å². The number of aliphatic carboxylic acids is 1. The number of hydrogen-bond acceptors (Lipinski definition) is 5. The summed E-state index contributed by atoms with van der Waals surface area (Å²) in [5.41, 5.74) is 0.610. The van der Waals surface area contributed by atoms with E-state index in [9.17, 15) is 19.5 Å². The molecule has 0 N–H and O–H groups in total. The van der Waals surface area contributed by atoms with Crippen LogP contribution in [-0.2, 0) is 14.4 Å². The lowest BCUT2D eigenvalue weighted by Crippen LogP contribution is -2.33. The molecule has 0 unspecified atom stereocenters. The smallest absolute Gasteiger partial charge is 0.245 e. The van der Waals surface area contributed by atoms with Gasteiger partial charge < -0.3 is 9.90 Å². The molecule has 1 saturated heterocycles. The van der Waals surface area contributed by atoms with Gasteiger partial charge in [-0.15, -0.1) is 0 Å². The maximum Gasteiger partial charge on any atom is 0.245 e. The first-order valence-corrected chi connectivity index (χ1v) is 6.85. The Morgan fingerprint density at radius 2 is 2.00 bits per heavy atom. The minimum atomic E-state index is -1.28. The molecule has 0 radical (unpaired) electrons. The molecule has 20 heavy (non-hydrogen) atoms. The van der Waals surface area contributed by atoms with Crippen LogP contribution >= 0.6 is 11.8 Å². The zero-order valence-electron chi connectivity index (χ0n) is 10.7. The number of nitrogens with zero attached hydrogens (tertiary/aromatic N) is 1. The van der Waals surface area contributed by atoms with E-state index in [0.29, 0.717) is 10.7 Å². The van der Waals surface area contributed by atoms with E-state index in [1.165, 1.54) is 17.9 Å². The van der Waals surface area contributed by atoms with Crippen LogP contribution in [0.5, 0.6) is 0 Å². The lowest BCUT2D eigenvalue weighted by atomic mass is 10.2. The fourth-order valence-corrected chi connectivity index (χ4v) is 3.14. The predicted octanol–water partition coefficient (Wildman–Crippen LogP) is 0.705. The highest BCUT2D eigenvalue weighted by Gasteiger charge is 2.37. The molecule has 0 aliphatic carbocycles. The standard InChI is InChI=1S/C14H13NO4S/c1-9(16)7-12-15(10-5-3-2-4-6-10)14(19)11(20-12)8-13(17)18/h2-7,11H,8H2,1H3,(H,17,18)/p-1/b12-7-/t11-/m0/s1. The molecule has 1 aromatic carbocycles. The van der Waals surface area contributed by atoms with Crippen molar-refractivity contribution in [1.29, 1.82) is 0 Å². The number of thioether (sulfide) groups is 1. The van der Waals surface area contributed by atoms with Gasteiger partial charge in [-0.05, 0) is 19.1 Å². The van der Waals surface area contributed by atoms with Crippen LogP contribution in [0.1, 0.15) is 13.3 Å². The molecule has 104 valence electrons. The second-order valence-corrected chi connectivity index (χ2v) is 5.51. The van der Waals surface area contributed by atoms with Crippen LogP contribution in [0, 0.1) is 0 Å². The summed E-state index contributed by atoms with van der Waals surface area (Å²) in [4.78, 5) is 35.6. The molecule has 1 heterocycles. The van der Waals surface area contributed by atoms with Crippen LogP contribution in [0.3, 0.4) is 0 Å². The van der Waals surface area contributed by atoms with Gasteiger partial charge in [-0.2, -0.15) is 0 Å². The van der Waals surface area contributed by atoms with Gasteiger partial charge in [0, 0.05) is 24.2 Å². The number of amides is 1. The van der Waals surface area contributed by atoms with E-state index in [1.54, 1.807) is 24.3 Å². The van der Waals surface area contributed by atoms with Crippen molar-refractivity contribution >= 4 is 35.1 Å². The van der Waals surface area contributed by atoms with Gasteiger partial charge in [-0.3, -0.25) is 14.5 Å². The van der Waals surface area contributed by atoms with E-state index in [4.69, 9.17) is 0 Å². The average molecular weight is 290 g/mol. The molecule has 5 nitrogen and oxygen atoms in total. The minimum Gasteiger partial charge on any atom is -0.550 e. The molecule has 0 aromatic heterocycles. The number of anilines is 1. The van der Waals surface area contributed by atoms with E-state index in [-0.39, 0.29) is 18.1 Å². The Labute approximate surface area is 120 Å². The monoisotopic (exact) mass is 290 g/mol. The van der Waals surface area contributed by atoms with Crippen molar-refractivity contribution in [2.24, 2.45) is 0 Å². The Morgan fingerprint density at radius 1 is 1.35 bits per heavy atom. The van der Waals surface area contributed by atoms with E-state index in [0.717, 1.165) is 11.8 Å². The zero-order chi connectivity index (χ0) is 14.7. The van der Waals surface area contributed by atoms with Gasteiger partial charge in [0.15, 0.2) is 5.78 Å². The van der Waals surface area contributed by atoms with Gasteiger partial charge in [0.25, 0.3) is 0 Å². The topological polar surface area (TPSA) is 77.5 Å². The summed E-state index contributed by atoms with van der Waals surface area (Å²) in [5, 5.41) is 10.4. The molecular weight excluding hydrogens is 278 g/mol. The fourth-order valence-electron chi connectivity index (χ4n) is 1.89. The number of benzene rings is 1. The summed E-state index contributed by atoms with van der Waals surface area (Å²) in [6.07, 6.45) is 0.965. The Bertz CT molecular complexity index is 582. The van der Waals surface area contributed by atoms with Crippen molar-refractivity contribution in [3.8, 4) is 0 Å². The van der Waals surface area contributed by atoms with Crippen molar-refractivity contribution < 1.29 is 19.5 Å². The van der Waals surface area contributed by atoms with Gasteiger partial charge in [0.2, 0.25) is 5.91 Å². The second kappa shape index (κ2) is 5.92. The molecule has 1 fully saturated rings. The van der Waals surface area contributed by atoms with E-state index in [1.807, 2.05) is 6.07 Å². The van der Waals surface area contributed by atoms with Crippen molar-refractivity contribution in [2.75, 3.05) is 4.90 Å². The Hall–Kier alpha value is -2.08. The number of carboxylic acid groups (broad SMARTS) is 1. The summed E-state index contributed by atoms with van der Waals surface area (Å²) in [7, 11) is 0. The first-order chi connectivity index (χ1) is 9.49. The van der Waals surface area contributed by atoms with E-state index < -0.39 is 11.2 Å². The summed E-state index contributed by atoms with van der Waals surface area (Å²) < 4.78 is 0. The Balaban J connectivity index is 2.37. The Morgan fingerprint density at radius 3 is 2.55 bits per heavy atom. The third-order valence-corrected chi connectivity index (χ3v) is 3.87. The zero-order valence-corrected chi connectivity index (χ0v) is 11.6. The number of hydrogen-bond donors (Lipinski definition) is 0. The highest BCUT2D eigenvalue weighted by atomic mass is 32.2. The quantitative estimate of drug-likeness (QED) is 0.763. The van der Waals surface area contributed by atoms with E-state index in [2.05, 4.69) is 0 Å². The van der Waals surface area contributed by atoms with Crippen molar-refractivity contribution in [3.05, 3.63) is 41.4 Å². The molecule has 1 aliphatic rings. The third kappa shape index (κ3) is 3.08. The molecule has 0 saturated carbocycles. The predicted molar refractivity (Wildman–Crippen MR) is 73.7 cm³/mol. The molecule has 0 bridgehead atoms.